The summed E-state index contributed by atoms with van der Waals surface area (Å²) in [7, 11) is 0. The number of carbonyl (C=O) groups is 2. The highest BCUT2D eigenvalue weighted by atomic mass is 16.3. The van der Waals surface area contributed by atoms with Gasteiger partial charge in [0, 0.05) is 13.1 Å². The lowest BCUT2D eigenvalue weighted by molar-refractivity contribution is -0.121. The van der Waals surface area contributed by atoms with Crippen LogP contribution in [-0.2, 0) is 4.79 Å². The first-order valence-corrected chi connectivity index (χ1v) is 5.81. The van der Waals surface area contributed by atoms with E-state index in [2.05, 4.69) is 10.6 Å². The molecule has 0 aliphatic rings. The molecule has 0 saturated heterocycles. The molecule has 100 valence electrons. The predicted octanol–water partition coefficient (Wildman–Crippen LogP) is -0.0751. The van der Waals surface area contributed by atoms with E-state index in [1.165, 1.54) is 0 Å². The first-order valence-electron chi connectivity index (χ1n) is 5.81. The highest BCUT2D eigenvalue weighted by Gasteiger charge is 2.19. The van der Waals surface area contributed by atoms with Crippen molar-refractivity contribution in [3.8, 4) is 0 Å². The van der Waals surface area contributed by atoms with Gasteiger partial charge in [-0.05, 0) is 27.3 Å². The highest BCUT2D eigenvalue weighted by molar-refractivity contribution is 5.95. The number of rotatable bonds is 6. The minimum atomic E-state index is -0.859. The Bertz CT molecular complexity index is 261. The van der Waals surface area contributed by atoms with Crippen LogP contribution in [0.25, 0.3) is 0 Å². The molecule has 0 atom stereocenters. The van der Waals surface area contributed by atoms with E-state index in [0.717, 1.165) is 0 Å². The van der Waals surface area contributed by atoms with Crippen LogP contribution in [0.5, 0.6) is 0 Å². The van der Waals surface area contributed by atoms with Crippen LogP contribution in [0.4, 0.5) is 4.79 Å². The van der Waals surface area contributed by atoms with Crippen LogP contribution in [0.1, 0.15) is 27.7 Å². The zero-order valence-corrected chi connectivity index (χ0v) is 11.0. The third kappa shape index (κ3) is 8.65. The van der Waals surface area contributed by atoms with Gasteiger partial charge in [-0.2, -0.15) is 0 Å². The van der Waals surface area contributed by atoms with Crippen molar-refractivity contribution in [2.24, 2.45) is 0 Å². The second kappa shape index (κ2) is 7.24. The number of aliphatic hydroxyl groups is 1. The Morgan fingerprint density at radius 2 is 1.88 bits per heavy atom. The molecule has 0 aromatic carbocycles. The lowest BCUT2D eigenvalue weighted by Gasteiger charge is -2.27. The number of carbonyl (C=O) groups excluding carboxylic acids is 2. The summed E-state index contributed by atoms with van der Waals surface area (Å²) in [5.74, 6) is -0.373. The van der Waals surface area contributed by atoms with Gasteiger partial charge in [0.2, 0.25) is 5.91 Å². The summed E-state index contributed by atoms with van der Waals surface area (Å²) in [4.78, 5) is 24.4. The van der Waals surface area contributed by atoms with Gasteiger partial charge in [-0.1, -0.05) is 6.92 Å². The van der Waals surface area contributed by atoms with Gasteiger partial charge in [-0.25, -0.2) is 4.79 Å². The van der Waals surface area contributed by atoms with E-state index in [1.807, 2.05) is 6.92 Å². The molecule has 0 fully saturated rings. The summed E-state index contributed by atoms with van der Waals surface area (Å²) in [6.07, 6.45) is 0. The Hall–Kier alpha value is -1.14. The van der Waals surface area contributed by atoms with Gasteiger partial charge < -0.3 is 10.4 Å². The Kier molecular flexibility index (Phi) is 6.75. The molecule has 3 N–H and O–H groups in total. The summed E-state index contributed by atoms with van der Waals surface area (Å²) in [6, 6.07) is -0.489. The first kappa shape index (κ1) is 15.9. The van der Waals surface area contributed by atoms with Gasteiger partial charge in [0.05, 0.1) is 12.1 Å². The largest absolute Gasteiger partial charge is 0.389 e. The fraction of sp³-hybridized carbons (Fsp3) is 0.818. The van der Waals surface area contributed by atoms with Crippen molar-refractivity contribution in [2.75, 3.05) is 26.2 Å². The van der Waals surface area contributed by atoms with Crippen LogP contribution in [0.3, 0.4) is 0 Å². The number of amides is 3. The summed E-state index contributed by atoms with van der Waals surface area (Å²) >= 11 is 0. The third-order valence-corrected chi connectivity index (χ3v) is 2.02. The zero-order chi connectivity index (χ0) is 13.5. The maximum absolute atomic E-state index is 11.5. The van der Waals surface area contributed by atoms with Crippen LogP contribution in [0.2, 0.25) is 0 Å². The molecule has 0 saturated carbocycles. The van der Waals surface area contributed by atoms with Gasteiger partial charge in [0.1, 0.15) is 0 Å². The normalized spacial score (nSPS) is 11.4. The fourth-order valence-electron chi connectivity index (χ4n) is 1.40. The number of nitrogens with one attached hydrogen (secondary N) is 2. The molecule has 0 unspecified atom stereocenters. The lowest BCUT2D eigenvalue weighted by Crippen LogP contribution is -2.47. The van der Waals surface area contributed by atoms with E-state index < -0.39 is 11.6 Å². The standard InChI is InChI=1S/C11H23N3O3/c1-5-12-10(16)13-9(15)7-14(6-2)8-11(3,4)17/h17H,5-8H2,1-4H3,(H2,12,13,15,16). The van der Waals surface area contributed by atoms with Crippen LogP contribution in [-0.4, -0.2) is 53.7 Å². The SMILES string of the molecule is CCNC(=O)NC(=O)CN(CC)CC(C)(C)O. The van der Waals surface area contributed by atoms with E-state index in [9.17, 15) is 14.7 Å². The molecule has 0 heterocycles. The van der Waals surface area contributed by atoms with E-state index in [1.54, 1.807) is 25.7 Å². The Balaban J connectivity index is 4.11. The molecule has 0 aromatic heterocycles. The molecule has 0 aromatic rings. The van der Waals surface area contributed by atoms with Gasteiger partial charge in [-0.3, -0.25) is 15.0 Å². The monoisotopic (exact) mass is 245 g/mol. The summed E-state index contributed by atoms with van der Waals surface area (Å²) < 4.78 is 0. The van der Waals surface area contributed by atoms with E-state index in [-0.39, 0.29) is 12.5 Å². The molecular weight excluding hydrogens is 222 g/mol. The van der Waals surface area contributed by atoms with Crippen molar-refractivity contribution in [2.45, 2.75) is 33.3 Å². The number of likely N-dealkylation sites (N-methyl/N-ethyl adjacent to an activating group) is 1. The van der Waals surface area contributed by atoms with E-state index in [4.69, 9.17) is 0 Å². The zero-order valence-electron chi connectivity index (χ0n) is 11.0. The first-order chi connectivity index (χ1) is 7.78. The topological polar surface area (TPSA) is 81.7 Å². The molecule has 0 radical (unpaired) electrons. The van der Waals surface area contributed by atoms with Crippen molar-refractivity contribution in [1.82, 2.24) is 15.5 Å². The molecule has 0 aliphatic carbocycles. The van der Waals surface area contributed by atoms with Gasteiger partial charge in [0.25, 0.3) is 0 Å². The Labute approximate surface area is 102 Å². The predicted molar refractivity (Wildman–Crippen MR) is 65.6 cm³/mol. The molecule has 17 heavy (non-hydrogen) atoms. The molecule has 0 aliphatic heterocycles. The summed E-state index contributed by atoms with van der Waals surface area (Å²) in [5.41, 5.74) is -0.859. The second-order valence-corrected chi connectivity index (χ2v) is 4.52. The molecule has 6 heteroatoms. The van der Waals surface area contributed by atoms with Crippen molar-refractivity contribution < 1.29 is 14.7 Å². The Morgan fingerprint density at radius 1 is 1.29 bits per heavy atom. The number of nitrogens with zero attached hydrogens (tertiary/aromatic N) is 1. The lowest BCUT2D eigenvalue weighted by atomic mass is 10.1. The summed E-state index contributed by atoms with van der Waals surface area (Å²) in [5, 5.41) is 14.3. The molecule has 0 bridgehead atoms. The van der Waals surface area contributed by atoms with Crippen LogP contribution in [0.15, 0.2) is 0 Å². The van der Waals surface area contributed by atoms with Crippen molar-refractivity contribution in [3.05, 3.63) is 0 Å². The molecule has 0 spiro atoms. The number of urea groups is 1. The number of hydrogen-bond donors (Lipinski definition) is 3. The molecular formula is C11H23N3O3. The number of hydrogen-bond acceptors (Lipinski definition) is 4. The van der Waals surface area contributed by atoms with E-state index in [0.29, 0.717) is 19.6 Å². The minimum absolute atomic E-state index is 0.0949. The van der Waals surface area contributed by atoms with Crippen molar-refractivity contribution in [3.63, 3.8) is 0 Å². The second-order valence-electron chi connectivity index (χ2n) is 4.52. The van der Waals surface area contributed by atoms with Gasteiger partial charge in [0.15, 0.2) is 0 Å². The summed E-state index contributed by atoms with van der Waals surface area (Å²) in [6.45, 7) is 8.60. The van der Waals surface area contributed by atoms with E-state index >= 15 is 0 Å². The maximum Gasteiger partial charge on any atom is 0.321 e. The highest BCUT2D eigenvalue weighted by Crippen LogP contribution is 2.03. The maximum atomic E-state index is 11.5. The Morgan fingerprint density at radius 3 is 2.29 bits per heavy atom. The van der Waals surface area contributed by atoms with Gasteiger partial charge >= 0.3 is 6.03 Å². The van der Waals surface area contributed by atoms with Crippen LogP contribution >= 0.6 is 0 Å². The van der Waals surface area contributed by atoms with Crippen LogP contribution < -0.4 is 10.6 Å². The average molecular weight is 245 g/mol. The van der Waals surface area contributed by atoms with Crippen molar-refractivity contribution in [1.29, 1.82) is 0 Å². The smallest absolute Gasteiger partial charge is 0.321 e. The fourth-order valence-corrected chi connectivity index (χ4v) is 1.40. The number of imide groups is 1. The molecule has 6 nitrogen and oxygen atoms in total. The third-order valence-electron chi connectivity index (χ3n) is 2.02. The quantitative estimate of drug-likeness (QED) is 0.611. The van der Waals surface area contributed by atoms with Gasteiger partial charge in [-0.15, -0.1) is 0 Å². The molecule has 3 amide bonds. The minimum Gasteiger partial charge on any atom is -0.389 e. The van der Waals surface area contributed by atoms with Crippen LogP contribution in [0, 0.1) is 0 Å². The molecule has 0 rings (SSSR count). The average Bonchev–Trinajstić information content (AvgIpc) is 2.14. The van der Waals surface area contributed by atoms with Crippen molar-refractivity contribution >= 4 is 11.9 Å².